The maximum atomic E-state index is 10.8. The molecule has 0 saturated carbocycles. The number of primary amides is 1. The van der Waals surface area contributed by atoms with E-state index < -0.39 is 6.03 Å². The Labute approximate surface area is 105 Å². The van der Waals surface area contributed by atoms with Gasteiger partial charge in [-0.15, -0.1) is 16.4 Å². The van der Waals surface area contributed by atoms with Crippen molar-refractivity contribution in [1.82, 2.24) is 19.6 Å². The fourth-order valence-electron chi connectivity index (χ4n) is 1.57. The second-order valence-electron chi connectivity index (χ2n) is 3.44. The summed E-state index contributed by atoms with van der Waals surface area (Å²) in [6, 6.07) is 5.05. The summed E-state index contributed by atoms with van der Waals surface area (Å²) in [6.07, 6.45) is 1.65. The molecule has 8 heteroatoms. The van der Waals surface area contributed by atoms with Crippen LogP contribution in [0.4, 0.5) is 10.7 Å². The molecular weight excluding hydrogens is 252 g/mol. The average molecular weight is 260 g/mol. The molecule has 18 heavy (non-hydrogen) atoms. The molecule has 0 aliphatic rings. The molecule has 0 atom stereocenters. The third-order valence-corrected chi connectivity index (χ3v) is 3.14. The zero-order valence-corrected chi connectivity index (χ0v) is 9.89. The minimum Gasteiger partial charge on any atom is -0.351 e. The van der Waals surface area contributed by atoms with Crippen LogP contribution in [0.25, 0.3) is 16.3 Å². The van der Waals surface area contributed by atoms with Gasteiger partial charge in [-0.3, -0.25) is 5.32 Å². The molecule has 2 amide bonds. The molecule has 3 N–H and O–H groups in total. The van der Waals surface area contributed by atoms with Crippen LogP contribution in [-0.2, 0) is 0 Å². The lowest BCUT2D eigenvalue weighted by Crippen LogP contribution is -2.20. The van der Waals surface area contributed by atoms with Crippen molar-refractivity contribution in [1.29, 1.82) is 0 Å². The van der Waals surface area contributed by atoms with Gasteiger partial charge >= 0.3 is 6.03 Å². The van der Waals surface area contributed by atoms with Gasteiger partial charge < -0.3 is 5.73 Å². The van der Waals surface area contributed by atoms with Crippen molar-refractivity contribution in [2.24, 2.45) is 5.73 Å². The highest BCUT2D eigenvalue weighted by atomic mass is 32.1. The van der Waals surface area contributed by atoms with E-state index in [1.807, 2.05) is 23.6 Å². The predicted molar refractivity (Wildman–Crippen MR) is 67.3 cm³/mol. The highest BCUT2D eigenvalue weighted by molar-refractivity contribution is 7.13. The largest absolute Gasteiger partial charge is 0.351 e. The highest BCUT2D eigenvalue weighted by Gasteiger charge is 2.10. The first-order valence-corrected chi connectivity index (χ1v) is 5.94. The summed E-state index contributed by atoms with van der Waals surface area (Å²) in [5, 5.41) is 8.45. The molecule has 3 rings (SSSR count). The van der Waals surface area contributed by atoms with Crippen LogP contribution < -0.4 is 11.1 Å². The van der Waals surface area contributed by atoms with Gasteiger partial charge in [0.05, 0.1) is 10.6 Å². The minimum atomic E-state index is -0.705. The number of carbonyl (C=O) groups excluding carboxylic acids is 1. The summed E-state index contributed by atoms with van der Waals surface area (Å²) >= 11 is 1.59. The van der Waals surface area contributed by atoms with Crippen LogP contribution in [0.15, 0.2) is 29.8 Å². The first-order valence-electron chi connectivity index (χ1n) is 5.06. The summed E-state index contributed by atoms with van der Waals surface area (Å²) in [5.41, 5.74) is 5.88. The topological polar surface area (TPSA) is 98.2 Å². The van der Waals surface area contributed by atoms with Crippen molar-refractivity contribution in [2.75, 3.05) is 5.32 Å². The number of fused-ring (bicyclic) bond motifs is 1. The predicted octanol–water partition coefficient (Wildman–Crippen LogP) is 1.34. The molecule has 0 radical (unpaired) electrons. The van der Waals surface area contributed by atoms with E-state index in [0.29, 0.717) is 5.78 Å². The number of amides is 2. The van der Waals surface area contributed by atoms with Gasteiger partial charge in [-0.2, -0.15) is 9.50 Å². The van der Waals surface area contributed by atoms with E-state index in [-0.39, 0.29) is 5.95 Å². The van der Waals surface area contributed by atoms with Crippen molar-refractivity contribution in [3.05, 3.63) is 29.8 Å². The maximum absolute atomic E-state index is 10.8. The quantitative estimate of drug-likeness (QED) is 0.726. The van der Waals surface area contributed by atoms with E-state index >= 15 is 0 Å². The van der Waals surface area contributed by atoms with Crippen molar-refractivity contribution in [3.63, 3.8) is 0 Å². The molecular formula is C10H8N6OS. The van der Waals surface area contributed by atoms with E-state index in [1.54, 1.807) is 22.0 Å². The number of aromatic nitrogens is 4. The Morgan fingerprint density at radius 3 is 3.06 bits per heavy atom. The lowest BCUT2D eigenvalue weighted by Gasteiger charge is -1.98. The Kier molecular flexibility index (Phi) is 2.41. The maximum Gasteiger partial charge on any atom is 0.319 e. The first-order chi connectivity index (χ1) is 8.74. The second kappa shape index (κ2) is 4.08. The number of nitrogens with one attached hydrogen (secondary N) is 1. The van der Waals surface area contributed by atoms with E-state index in [1.165, 1.54) is 0 Å². The third-order valence-electron chi connectivity index (χ3n) is 2.25. The van der Waals surface area contributed by atoms with E-state index in [4.69, 9.17) is 5.73 Å². The molecule has 3 aromatic heterocycles. The number of nitrogens with zero attached hydrogens (tertiary/aromatic N) is 4. The lowest BCUT2D eigenvalue weighted by atomic mass is 10.3. The fourth-order valence-corrected chi connectivity index (χ4v) is 2.30. The van der Waals surface area contributed by atoms with Gasteiger partial charge in [-0.25, -0.2) is 9.78 Å². The van der Waals surface area contributed by atoms with Gasteiger partial charge in [0.15, 0.2) is 0 Å². The van der Waals surface area contributed by atoms with Crippen molar-refractivity contribution in [3.8, 4) is 10.6 Å². The number of rotatable bonds is 2. The molecule has 7 nitrogen and oxygen atoms in total. The molecule has 0 fully saturated rings. The summed E-state index contributed by atoms with van der Waals surface area (Å²) < 4.78 is 1.57. The van der Waals surface area contributed by atoms with Crippen molar-refractivity contribution in [2.45, 2.75) is 0 Å². The molecule has 0 saturated heterocycles. The van der Waals surface area contributed by atoms with Gasteiger partial charge in [0.25, 0.3) is 11.7 Å². The number of hydrogen-bond acceptors (Lipinski definition) is 5. The molecule has 3 aromatic rings. The van der Waals surface area contributed by atoms with Gasteiger partial charge in [0.2, 0.25) is 0 Å². The summed E-state index contributed by atoms with van der Waals surface area (Å²) in [6.45, 7) is 0. The third kappa shape index (κ3) is 1.78. The summed E-state index contributed by atoms with van der Waals surface area (Å²) in [7, 11) is 0. The van der Waals surface area contributed by atoms with Gasteiger partial charge in [-0.1, -0.05) is 6.07 Å². The molecule has 90 valence electrons. The van der Waals surface area contributed by atoms with Gasteiger partial charge in [0, 0.05) is 6.20 Å². The minimum absolute atomic E-state index is 0.138. The number of anilines is 1. The standard InChI is InChI=1S/C10H8N6OS/c11-8(17)13-9-14-10-12-4-3-6(16(10)15-9)7-2-1-5-18-7/h1-5H,(H3,11,13,15,17). The number of urea groups is 1. The van der Waals surface area contributed by atoms with E-state index in [9.17, 15) is 4.79 Å². The average Bonchev–Trinajstić information content (AvgIpc) is 2.94. The first kappa shape index (κ1) is 10.7. The highest BCUT2D eigenvalue weighted by Crippen LogP contribution is 2.24. The number of carbonyl (C=O) groups is 1. The zero-order chi connectivity index (χ0) is 12.5. The van der Waals surface area contributed by atoms with E-state index in [2.05, 4.69) is 20.4 Å². The van der Waals surface area contributed by atoms with Crippen LogP contribution in [0, 0.1) is 0 Å². The molecule has 0 aliphatic carbocycles. The van der Waals surface area contributed by atoms with Crippen LogP contribution in [0.1, 0.15) is 0 Å². The molecule has 0 unspecified atom stereocenters. The second-order valence-corrected chi connectivity index (χ2v) is 4.39. The Morgan fingerprint density at radius 1 is 1.44 bits per heavy atom. The monoisotopic (exact) mass is 260 g/mol. The SMILES string of the molecule is NC(=O)Nc1nc2nccc(-c3cccs3)n2n1. The number of thiophene rings is 1. The van der Waals surface area contributed by atoms with Crippen molar-refractivity contribution >= 4 is 29.1 Å². The number of nitrogens with two attached hydrogens (primary N) is 1. The Balaban J connectivity index is 2.16. The van der Waals surface area contributed by atoms with Crippen LogP contribution in [0.3, 0.4) is 0 Å². The van der Waals surface area contributed by atoms with Crippen LogP contribution in [-0.4, -0.2) is 25.6 Å². The molecule has 0 spiro atoms. The van der Waals surface area contributed by atoms with Gasteiger partial charge in [0.1, 0.15) is 0 Å². The van der Waals surface area contributed by atoms with Crippen molar-refractivity contribution < 1.29 is 4.79 Å². The van der Waals surface area contributed by atoms with Crippen LogP contribution in [0.5, 0.6) is 0 Å². The smallest absolute Gasteiger partial charge is 0.319 e. The van der Waals surface area contributed by atoms with Gasteiger partial charge in [-0.05, 0) is 17.5 Å². The summed E-state index contributed by atoms with van der Waals surface area (Å²) in [4.78, 5) is 19.9. The number of hydrogen-bond donors (Lipinski definition) is 2. The fraction of sp³-hybridized carbons (Fsp3) is 0. The lowest BCUT2D eigenvalue weighted by molar-refractivity contribution is 0.259. The summed E-state index contributed by atoms with van der Waals surface area (Å²) in [5.74, 6) is 0.545. The normalized spacial score (nSPS) is 10.7. The Morgan fingerprint density at radius 2 is 2.33 bits per heavy atom. The van der Waals surface area contributed by atoms with Crippen LogP contribution >= 0.6 is 11.3 Å². The van der Waals surface area contributed by atoms with E-state index in [0.717, 1.165) is 10.6 Å². The Bertz CT molecular complexity index is 704. The zero-order valence-electron chi connectivity index (χ0n) is 9.07. The van der Waals surface area contributed by atoms with Crippen LogP contribution in [0.2, 0.25) is 0 Å². The Hall–Kier alpha value is -2.48. The molecule has 0 aromatic carbocycles. The molecule has 0 bridgehead atoms. The molecule has 3 heterocycles. The molecule has 0 aliphatic heterocycles.